The van der Waals surface area contributed by atoms with E-state index >= 15 is 0 Å². The van der Waals surface area contributed by atoms with Gasteiger partial charge in [0.25, 0.3) is 5.91 Å². The van der Waals surface area contributed by atoms with E-state index in [0.717, 1.165) is 0 Å². The van der Waals surface area contributed by atoms with Crippen molar-refractivity contribution in [3.05, 3.63) is 29.8 Å². The first kappa shape index (κ1) is 24.9. The van der Waals surface area contributed by atoms with Crippen LogP contribution in [-0.4, -0.2) is 69.5 Å². The van der Waals surface area contributed by atoms with Crippen LogP contribution in [0.1, 0.15) is 44.5 Å². The normalized spacial score (nSPS) is 14.7. The Balaban J connectivity index is 0.000000516. The smallest absolute Gasteiger partial charge is 0.410 e. The molecule has 4 N–H and O–H groups in total. The Hall–Kier alpha value is -2.09. The van der Waals surface area contributed by atoms with Crippen molar-refractivity contribution >= 4 is 25.3 Å². The predicted molar refractivity (Wildman–Crippen MR) is 112 cm³/mol. The molecule has 1 aromatic carbocycles. The maximum Gasteiger partial charge on any atom is 0.410 e. The molecule has 1 heterocycles. The molecule has 0 aromatic heterocycles. The first-order valence-corrected chi connectivity index (χ1v) is 11.3. The average molecular weight is 429 g/mol. The Bertz CT molecular complexity index is 718. The van der Waals surface area contributed by atoms with Crippen LogP contribution in [0.25, 0.3) is 0 Å². The lowest BCUT2D eigenvalue weighted by atomic mass is 10.1. The van der Waals surface area contributed by atoms with Gasteiger partial charge in [-0.25, -0.2) is 4.79 Å². The fourth-order valence-corrected chi connectivity index (χ4v) is 3.10. The highest BCUT2D eigenvalue weighted by Crippen LogP contribution is 2.34. The molecule has 0 aliphatic carbocycles. The highest BCUT2D eigenvalue weighted by atomic mass is 31.2. The zero-order chi connectivity index (χ0) is 22.2. The number of ether oxygens (including phenoxy) is 1. The average Bonchev–Trinajstić information content (AvgIpc) is 2.60. The fourth-order valence-electron chi connectivity index (χ4n) is 2.52. The molecule has 29 heavy (non-hydrogen) atoms. The van der Waals surface area contributed by atoms with Crippen molar-refractivity contribution in [1.29, 1.82) is 0 Å². The summed E-state index contributed by atoms with van der Waals surface area (Å²) >= 11 is 0. The summed E-state index contributed by atoms with van der Waals surface area (Å²) in [7, 11) is -3.67. The summed E-state index contributed by atoms with van der Waals surface area (Å²) < 4.78 is 15.3. The number of carbonyl (C=O) groups is 2. The van der Waals surface area contributed by atoms with Gasteiger partial charge in [0.2, 0.25) is 0 Å². The second-order valence-corrected chi connectivity index (χ2v) is 9.55. The SMILES string of the molecule is CC(C)(C)OC(=O)N1CCN(C(=O)c2ccc(N)cc2)CC1.CCCP(=O)(O)O. The van der Waals surface area contributed by atoms with Crippen LogP contribution in [0.2, 0.25) is 0 Å². The van der Waals surface area contributed by atoms with Gasteiger partial charge in [0.15, 0.2) is 0 Å². The first-order valence-electron chi connectivity index (χ1n) is 9.49. The molecule has 2 amide bonds. The minimum Gasteiger partial charge on any atom is -0.444 e. The highest BCUT2D eigenvalue weighted by molar-refractivity contribution is 7.51. The van der Waals surface area contributed by atoms with E-state index < -0.39 is 13.2 Å². The van der Waals surface area contributed by atoms with Crippen molar-refractivity contribution in [3.63, 3.8) is 0 Å². The van der Waals surface area contributed by atoms with Crippen LogP contribution in [0.4, 0.5) is 10.5 Å². The van der Waals surface area contributed by atoms with E-state index in [0.29, 0.717) is 43.9 Å². The van der Waals surface area contributed by atoms with E-state index in [1.54, 1.807) is 41.0 Å². The molecular formula is C19H32N3O6P. The first-order chi connectivity index (χ1) is 13.3. The topological polar surface area (TPSA) is 133 Å². The second kappa shape index (κ2) is 10.6. The number of nitrogens with two attached hydrogens (primary N) is 1. The number of rotatable bonds is 3. The van der Waals surface area contributed by atoms with E-state index in [1.807, 2.05) is 20.8 Å². The lowest BCUT2D eigenvalue weighted by Crippen LogP contribution is -2.51. The summed E-state index contributed by atoms with van der Waals surface area (Å²) in [5, 5.41) is 0. The minimum atomic E-state index is -3.67. The van der Waals surface area contributed by atoms with Crippen molar-refractivity contribution in [1.82, 2.24) is 9.80 Å². The summed E-state index contributed by atoms with van der Waals surface area (Å²) in [6.45, 7) is 9.22. The quantitative estimate of drug-likeness (QED) is 0.497. The molecule has 0 bridgehead atoms. The van der Waals surface area contributed by atoms with Gasteiger partial charge in [-0.05, 0) is 51.5 Å². The number of carbonyl (C=O) groups excluding carboxylic acids is 2. The third-order valence-electron chi connectivity index (χ3n) is 3.89. The van der Waals surface area contributed by atoms with E-state index in [4.69, 9.17) is 20.3 Å². The molecule has 0 radical (unpaired) electrons. The van der Waals surface area contributed by atoms with E-state index in [1.165, 1.54) is 0 Å². The molecule has 10 heteroatoms. The number of amides is 2. The van der Waals surface area contributed by atoms with Crippen LogP contribution in [0.15, 0.2) is 24.3 Å². The van der Waals surface area contributed by atoms with Crippen LogP contribution in [-0.2, 0) is 9.30 Å². The van der Waals surface area contributed by atoms with Gasteiger partial charge >= 0.3 is 13.7 Å². The van der Waals surface area contributed by atoms with E-state index in [2.05, 4.69) is 0 Å². The number of nitrogens with zero attached hydrogens (tertiary/aromatic N) is 2. The van der Waals surface area contributed by atoms with Gasteiger partial charge in [-0.1, -0.05) is 6.92 Å². The number of hydrogen-bond acceptors (Lipinski definition) is 5. The molecule has 164 valence electrons. The molecule has 0 unspecified atom stereocenters. The van der Waals surface area contributed by atoms with Crippen LogP contribution in [0, 0.1) is 0 Å². The Labute approximate surface area is 172 Å². The van der Waals surface area contributed by atoms with Gasteiger partial charge in [0, 0.05) is 43.6 Å². The highest BCUT2D eigenvalue weighted by Gasteiger charge is 2.27. The molecule has 1 aliphatic heterocycles. The van der Waals surface area contributed by atoms with Crippen molar-refractivity contribution in [3.8, 4) is 0 Å². The summed E-state index contributed by atoms with van der Waals surface area (Å²) in [6, 6.07) is 6.87. The molecule has 1 aromatic rings. The lowest BCUT2D eigenvalue weighted by Gasteiger charge is -2.35. The van der Waals surface area contributed by atoms with E-state index in [9.17, 15) is 14.2 Å². The lowest BCUT2D eigenvalue weighted by molar-refractivity contribution is 0.0141. The summed E-state index contributed by atoms with van der Waals surface area (Å²) in [5.41, 5.74) is 6.36. The molecule has 1 saturated heterocycles. The third kappa shape index (κ3) is 9.78. The number of piperazine rings is 1. The Morgan fingerprint density at radius 1 is 1.07 bits per heavy atom. The maximum absolute atomic E-state index is 12.4. The number of hydrogen-bond donors (Lipinski definition) is 3. The maximum atomic E-state index is 12.4. The third-order valence-corrected chi connectivity index (χ3v) is 4.92. The summed E-state index contributed by atoms with van der Waals surface area (Å²) in [6.07, 6.45) is 0.226. The number of nitrogen functional groups attached to an aromatic ring is 1. The van der Waals surface area contributed by atoms with Crippen LogP contribution in [0.3, 0.4) is 0 Å². The van der Waals surface area contributed by atoms with Crippen LogP contribution >= 0.6 is 7.60 Å². The van der Waals surface area contributed by atoms with Crippen molar-refractivity contribution in [2.24, 2.45) is 0 Å². The number of benzene rings is 1. The fraction of sp³-hybridized carbons (Fsp3) is 0.579. The molecule has 9 nitrogen and oxygen atoms in total. The molecule has 0 spiro atoms. The molecule has 0 atom stereocenters. The van der Waals surface area contributed by atoms with Gasteiger partial charge in [-0.15, -0.1) is 0 Å². The van der Waals surface area contributed by atoms with Gasteiger partial charge in [-0.3, -0.25) is 9.36 Å². The minimum absolute atomic E-state index is 0.00694. The molecule has 0 saturated carbocycles. The predicted octanol–water partition coefficient (Wildman–Crippen LogP) is 2.54. The standard InChI is InChI=1S/C16H23N3O3.C3H9O3P/c1-16(2,3)22-15(21)19-10-8-18(9-11-19)14(20)12-4-6-13(17)7-5-12;1-2-3-7(4,5)6/h4-7H,8-11,17H2,1-3H3;2-3H2,1H3,(H2,4,5,6). The Morgan fingerprint density at radius 3 is 1.93 bits per heavy atom. The Kier molecular flexibility index (Phi) is 9.14. The zero-order valence-electron chi connectivity index (χ0n) is 17.5. The van der Waals surface area contributed by atoms with Crippen molar-refractivity contribution in [2.75, 3.05) is 38.1 Å². The van der Waals surface area contributed by atoms with Gasteiger partial charge in [-0.2, -0.15) is 0 Å². The van der Waals surface area contributed by atoms with Crippen molar-refractivity contribution < 1.29 is 28.7 Å². The monoisotopic (exact) mass is 429 g/mol. The molecule has 2 rings (SSSR count). The van der Waals surface area contributed by atoms with Crippen molar-refractivity contribution in [2.45, 2.75) is 39.7 Å². The molecular weight excluding hydrogens is 397 g/mol. The zero-order valence-corrected chi connectivity index (χ0v) is 18.4. The van der Waals surface area contributed by atoms with E-state index in [-0.39, 0.29) is 18.2 Å². The van der Waals surface area contributed by atoms with Crippen LogP contribution in [0.5, 0.6) is 0 Å². The summed E-state index contributed by atoms with van der Waals surface area (Å²) in [5.74, 6) is -0.0381. The second-order valence-electron chi connectivity index (χ2n) is 7.77. The Morgan fingerprint density at radius 2 is 1.55 bits per heavy atom. The van der Waals surface area contributed by atoms with Gasteiger partial charge in [0.1, 0.15) is 5.60 Å². The van der Waals surface area contributed by atoms with Gasteiger partial charge in [0.05, 0.1) is 0 Å². The summed E-state index contributed by atoms with van der Waals surface area (Å²) in [4.78, 5) is 44.0. The molecule has 1 fully saturated rings. The largest absolute Gasteiger partial charge is 0.444 e. The number of anilines is 1. The molecule has 1 aliphatic rings. The van der Waals surface area contributed by atoms with Crippen LogP contribution < -0.4 is 5.73 Å². The van der Waals surface area contributed by atoms with Gasteiger partial charge < -0.3 is 30.1 Å².